The summed E-state index contributed by atoms with van der Waals surface area (Å²) >= 11 is 1.53. The molecular formula is C8H14N2OS. The average molecular weight is 186 g/mol. The zero-order valence-corrected chi connectivity index (χ0v) is 8.73. The Bertz CT molecular complexity index is 235. The van der Waals surface area contributed by atoms with Crippen LogP contribution in [-0.2, 0) is 4.79 Å². The number of carbonyl (C=O) groups is 1. The number of hydrogen-bond acceptors (Lipinski definition) is 3. The van der Waals surface area contributed by atoms with E-state index in [-0.39, 0.29) is 5.91 Å². The van der Waals surface area contributed by atoms with Crippen LogP contribution in [0.4, 0.5) is 0 Å². The second kappa shape index (κ2) is 3.09. The topological polar surface area (TPSA) is 32.7 Å². The molecule has 68 valence electrons. The number of thioether (sulfide) groups is 1. The molecule has 1 rings (SSSR count). The van der Waals surface area contributed by atoms with Gasteiger partial charge in [0.2, 0.25) is 0 Å². The number of amidine groups is 1. The van der Waals surface area contributed by atoms with Crippen molar-refractivity contribution in [1.29, 1.82) is 0 Å². The molecule has 0 atom stereocenters. The number of amides is 1. The fourth-order valence-corrected chi connectivity index (χ4v) is 1.95. The van der Waals surface area contributed by atoms with Gasteiger partial charge in [-0.3, -0.25) is 9.69 Å². The third-order valence-electron chi connectivity index (χ3n) is 1.87. The van der Waals surface area contributed by atoms with Crippen LogP contribution >= 0.6 is 11.8 Å². The maximum atomic E-state index is 11.6. The second-order valence-corrected chi connectivity index (χ2v) is 3.98. The molecule has 12 heavy (non-hydrogen) atoms. The fraction of sp³-hybridized carbons (Fsp3) is 0.750. The van der Waals surface area contributed by atoms with E-state index in [4.69, 9.17) is 0 Å². The summed E-state index contributed by atoms with van der Waals surface area (Å²) in [6.45, 7) is 6.37. The van der Waals surface area contributed by atoms with E-state index in [1.807, 2.05) is 27.0 Å². The van der Waals surface area contributed by atoms with E-state index in [1.165, 1.54) is 11.8 Å². The van der Waals surface area contributed by atoms with Crippen molar-refractivity contribution in [3.8, 4) is 0 Å². The molecule has 1 amide bonds. The van der Waals surface area contributed by atoms with E-state index in [0.29, 0.717) is 6.54 Å². The van der Waals surface area contributed by atoms with Crippen molar-refractivity contribution in [2.45, 2.75) is 26.3 Å². The van der Waals surface area contributed by atoms with Crippen molar-refractivity contribution >= 4 is 22.8 Å². The molecule has 1 heterocycles. The zero-order chi connectivity index (χ0) is 9.35. The van der Waals surface area contributed by atoms with Crippen LogP contribution in [0.1, 0.15) is 20.8 Å². The van der Waals surface area contributed by atoms with Gasteiger partial charge in [-0.1, -0.05) is 11.8 Å². The monoisotopic (exact) mass is 186 g/mol. The molecular weight excluding hydrogens is 172 g/mol. The van der Waals surface area contributed by atoms with Crippen molar-refractivity contribution in [2.24, 2.45) is 4.99 Å². The van der Waals surface area contributed by atoms with E-state index in [1.54, 1.807) is 4.90 Å². The number of likely N-dealkylation sites (N-methyl/N-ethyl adjacent to an activating group) is 1. The van der Waals surface area contributed by atoms with E-state index < -0.39 is 5.54 Å². The highest BCUT2D eigenvalue weighted by atomic mass is 32.2. The van der Waals surface area contributed by atoms with Crippen molar-refractivity contribution in [3.63, 3.8) is 0 Å². The Morgan fingerprint density at radius 1 is 1.58 bits per heavy atom. The molecule has 0 saturated heterocycles. The van der Waals surface area contributed by atoms with Crippen molar-refractivity contribution in [3.05, 3.63) is 0 Å². The Morgan fingerprint density at radius 3 is 2.50 bits per heavy atom. The molecule has 0 N–H and O–H groups in total. The second-order valence-electron chi connectivity index (χ2n) is 3.21. The smallest absolute Gasteiger partial charge is 0.255 e. The van der Waals surface area contributed by atoms with Gasteiger partial charge in [-0.2, -0.15) is 0 Å². The Labute approximate surface area is 77.2 Å². The third kappa shape index (κ3) is 1.35. The lowest BCUT2D eigenvalue weighted by Gasteiger charge is -2.17. The van der Waals surface area contributed by atoms with Gasteiger partial charge in [0.1, 0.15) is 5.54 Å². The van der Waals surface area contributed by atoms with E-state index >= 15 is 0 Å². The Hall–Kier alpha value is -0.510. The van der Waals surface area contributed by atoms with E-state index in [0.717, 1.165) is 5.17 Å². The molecule has 1 aliphatic heterocycles. The number of aliphatic imine (C=N–C) groups is 1. The largest absolute Gasteiger partial charge is 0.290 e. The maximum absolute atomic E-state index is 11.6. The van der Waals surface area contributed by atoms with Crippen molar-refractivity contribution in [2.75, 3.05) is 12.8 Å². The van der Waals surface area contributed by atoms with Gasteiger partial charge in [-0.25, -0.2) is 4.99 Å². The molecule has 0 fully saturated rings. The fourth-order valence-electron chi connectivity index (χ4n) is 1.20. The molecule has 0 spiro atoms. The molecule has 0 aromatic rings. The maximum Gasteiger partial charge on any atom is 0.255 e. The van der Waals surface area contributed by atoms with Gasteiger partial charge >= 0.3 is 0 Å². The zero-order valence-electron chi connectivity index (χ0n) is 7.92. The highest BCUT2D eigenvalue weighted by Crippen LogP contribution is 2.25. The molecule has 4 heteroatoms. The minimum atomic E-state index is -0.547. The van der Waals surface area contributed by atoms with Crippen LogP contribution in [0.3, 0.4) is 0 Å². The van der Waals surface area contributed by atoms with Crippen LogP contribution in [-0.4, -0.2) is 34.3 Å². The lowest BCUT2D eigenvalue weighted by molar-refractivity contribution is -0.129. The van der Waals surface area contributed by atoms with Gasteiger partial charge in [0.15, 0.2) is 5.17 Å². The number of nitrogens with zero attached hydrogens (tertiary/aromatic N) is 2. The number of rotatable bonds is 1. The lowest BCUT2D eigenvalue weighted by Crippen LogP contribution is -2.38. The number of carbonyl (C=O) groups excluding carboxylic acids is 1. The van der Waals surface area contributed by atoms with Gasteiger partial charge in [0, 0.05) is 6.54 Å². The average Bonchev–Trinajstić information content (AvgIpc) is 2.24. The molecule has 1 aliphatic rings. The first-order chi connectivity index (χ1) is 5.53. The van der Waals surface area contributed by atoms with Crippen LogP contribution in [0.25, 0.3) is 0 Å². The summed E-state index contributed by atoms with van der Waals surface area (Å²) < 4.78 is 0. The van der Waals surface area contributed by atoms with Crippen LogP contribution in [0, 0.1) is 0 Å². The van der Waals surface area contributed by atoms with Gasteiger partial charge in [-0.15, -0.1) is 0 Å². The Balaban J connectivity index is 2.94. The van der Waals surface area contributed by atoms with Crippen LogP contribution < -0.4 is 0 Å². The highest BCUT2D eigenvalue weighted by Gasteiger charge is 2.39. The lowest BCUT2D eigenvalue weighted by atomic mass is 10.1. The van der Waals surface area contributed by atoms with Crippen molar-refractivity contribution < 1.29 is 4.79 Å². The normalized spacial score (nSPS) is 21.5. The Kier molecular flexibility index (Phi) is 2.46. The van der Waals surface area contributed by atoms with Gasteiger partial charge in [0.25, 0.3) is 5.91 Å². The van der Waals surface area contributed by atoms with Crippen molar-refractivity contribution in [1.82, 2.24) is 4.90 Å². The standard InChI is InChI=1S/C8H14N2OS/c1-5-10-6(11)8(2,3)9-7(10)12-4/h5H2,1-4H3. The summed E-state index contributed by atoms with van der Waals surface area (Å²) in [4.78, 5) is 17.7. The van der Waals surface area contributed by atoms with Crippen LogP contribution in [0.15, 0.2) is 4.99 Å². The summed E-state index contributed by atoms with van der Waals surface area (Å²) in [7, 11) is 0. The predicted octanol–water partition coefficient (Wildman–Crippen LogP) is 1.35. The summed E-state index contributed by atoms with van der Waals surface area (Å²) in [5, 5.41) is 0.840. The first-order valence-electron chi connectivity index (χ1n) is 3.98. The van der Waals surface area contributed by atoms with Gasteiger partial charge < -0.3 is 0 Å². The SMILES string of the molecule is CCN1C(=O)C(C)(C)N=C1SC. The highest BCUT2D eigenvalue weighted by molar-refractivity contribution is 8.13. The molecule has 3 nitrogen and oxygen atoms in total. The quantitative estimate of drug-likeness (QED) is 0.619. The van der Waals surface area contributed by atoms with E-state index in [9.17, 15) is 4.79 Å². The minimum absolute atomic E-state index is 0.106. The third-order valence-corrected chi connectivity index (χ3v) is 2.55. The molecule has 0 aromatic carbocycles. The van der Waals surface area contributed by atoms with Gasteiger partial charge in [-0.05, 0) is 27.0 Å². The predicted molar refractivity (Wildman–Crippen MR) is 52.4 cm³/mol. The molecule has 0 aromatic heterocycles. The summed E-state index contributed by atoms with van der Waals surface area (Å²) in [5.41, 5.74) is -0.547. The summed E-state index contributed by atoms with van der Waals surface area (Å²) in [5.74, 6) is 0.106. The molecule has 0 unspecified atom stereocenters. The Morgan fingerprint density at radius 2 is 2.17 bits per heavy atom. The molecule has 0 aliphatic carbocycles. The minimum Gasteiger partial charge on any atom is -0.290 e. The number of hydrogen-bond donors (Lipinski definition) is 0. The molecule has 0 radical (unpaired) electrons. The van der Waals surface area contributed by atoms with Crippen LogP contribution in [0.2, 0.25) is 0 Å². The first kappa shape index (κ1) is 9.58. The van der Waals surface area contributed by atoms with Crippen LogP contribution in [0.5, 0.6) is 0 Å². The van der Waals surface area contributed by atoms with Gasteiger partial charge in [0.05, 0.1) is 0 Å². The summed E-state index contributed by atoms with van der Waals surface area (Å²) in [6, 6.07) is 0. The molecule has 0 saturated carbocycles. The van der Waals surface area contributed by atoms with E-state index in [2.05, 4.69) is 4.99 Å². The molecule has 0 bridgehead atoms. The summed E-state index contributed by atoms with van der Waals surface area (Å²) in [6.07, 6.45) is 1.94. The first-order valence-corrected chi connectivity index (χ1v) is 5.21.